The fraction of sp³-hybridized carbons (Fsp3) is 0.875. The molecule has 0 aromatic rings. The molecule has 6 heteroatoms. The van der Waals surface area contributed by atoms with Gasteiger partial charge in [-0.1, -0.05) is 12.8 Å². The fourth-order valence-corrected chi connectivity index (χ4v) is 4.44. The van der Waals surface area contributed by atoms with Crippen LogP contribution >= 0.6 is 0 Å². The SMILES string of the molecule is CN(C1CCN(C2CCOCC2)C1=O)C1(C(N)=O)CCCC1. The Kier molecular flexibility index (Phi) is 4.41. The molecule has 0 spiro atoms. The number of carbonyl (C=O) groups is 2. The van der Waals surface area contributed by atoms with E-state index in [9.17, 15) is 9.59 Å². The molecule has 0 radical (unpaired) electrons. The molecule has 1 unspecified atom stereocenters. The van der Waals surface area contributed by atoms with Crippen LogP contribution in [0.4, 0.5) is 0 Å². The first-order valence-electron chi connectivity index (χ1n) is 8.47. The zero-order valence-electron chi connectivity index (χ0n) is 13.4. The van der Waals surface area contributed by atoms with Crippen LogP contribution < -0.4 is 5.73 Å². The van der Waals surface area contributed by atoms with Crippen molar-refractivity contribution in [1.29, 1.82) is 0 Å². The molecule has 2 N–H and O–H groups in total. The Morgan fingerprint density at radius 1 is 1.27 bits per heavy atom. The van der Waals surface area contributed by atoms with Crippen molar-refractivity contribution in [2.45, 2.75) is 62.6 Å². The van der Waals surface area contributed by atoms with Gasteiger partial charge in [0.15, 0.2) is 0 Å². The molecule has 2 heterocycles. The summed E-state index contributed by atoms with van der Waals surface area (Å²) < 4.78 is 5.39. The maximum Gasteiger partial charge on any atom is 0.240 e. The van der Waals surface area contributed by atoms with Gasteiger partial charge in [0, 0.05) is 25.8 Å². The van der Waals surface area contributed by atoms with E-state index in [-0.39, 0.29) is 17.9 Å². The average Bonchev–Trinajstić information content (AvgIpc) is 3.15. The summed E-state index contributed by atoms with van der Waals surface area (Å²) in [6.07, 6.45) is 6.21. The highest BCUT2D eigenvalue weighted by Gasteiger charge is 2.50. The molecule has 0 bridgehead atoms. The first kappa shape index (κ1) is 15.7. The molecule has 1 atom stereocenters. The van der Waals surface area contributed by atoms with Crippen LogP contribution in [0, 0.1) is 0 Å². The van der Waals surface area contributed by atoms with E-state index in [1.807, 2.05) is 16.8 Å². The largest absolute Gasteiger partial charge is 0.381 e. The number of hydrogen-bond acceptors (Lipinski definition) is 4. The Balaban J connectivity index is 1.72. The topological polar surface area (TPSA) is 75.9 Å². The highest BCUT2D eigenvalue weighted by atomic mass is 16.5. The van der Waals surface area contributed by atoms with Gasteiger partial charge >= 0.3 is 0 Å². The Labute approximate surface area is 131 Å². The third-order valence-corrected chi connectivity index (χ3v) is 5.88. The standard InChI is InChI=1S/C16H27N3O3/c1-18(16(15(17)21)7-2-3-8-16)13-4-9-19(14(13)20)12-5-10-22-11-6-12/h12-13H,2-11H2,1H3,(H2,17,21). The minimum absolute atomic E-state index is 0.168. The van der Waals surface area contributed by atoms with Crippen LogP contribution in [0.1, 0.15) is 44.9 Å². The van der Waals surface area contributed by atoms with Crippen molar-refractivity contribution in [1.82, 2.24) is 9.80 Å². The number of nitrogens with two attached hydrogens (primary N) is 1. The van der Waals surface area contributed by atoms with Crippen molar-refractivity contribution >= 4 is 11.8 Å². The molecule has 6 nitrogen and oxygen atoms in total. The van der Waals surface area contributed by atoms with Crippen LogP contribution in [0.5, 0.6) is 0 Å². The van der Waals surface area contributed by atoms with Crippen molar-refractivity contribution < 1.29 is 14.3 Å². The number of rotatable bonds is 4. The van der Waals surface area contributed by atoms with Crippen LogP contribution in [-0.4, -0.2) is 66.0 Å². The van der Waals surface area contributed by atoms with Gasteiger partial charge in [-0.3, -0.25) is 14.5 Å². The lowest BCUT2D eigenvalue weighted by atomic mass is 9.92. The van der Waals surface area contributed by atoms with E-state index < -0.39 is 5.54 Å². The molecular formula is C16H27N3O3. The van der Waals surface area contributed by atoms with Crippen molar-refractivity contribution in [3.8, 4) is 0 Å². The number of likely N-dealkylation sites (N-methyl/N-ethyl adjacent to an activating group) is 1. The number of ether oxygens (including phenoxy) is 1. The predicted molar refractivity (Wildman–Crippen MR) is 82.1 cm³/mol. The van der Waals surface area contributed by atoms with E-state index in [0.717, 1.165) is 64.7 Å². The van der Waals surface area contributed by atoms with Crippen LogP contribution in [0.2, 0.25) is 0 Å². The van der Waals surface area contributed by atoms with E-state index in [0.29, 0.717) is 6.04 Å². The molecule has 2 saturated heterocycles. The zero-order chi connectivity index (χ0) is 15.7. The lowest BCUT2D eigenvalue weighted by molar-refractivity contribution is -0.140. The third kappa shape index (κ3) is 2.52. The fourth-order valence-electron chi connectivity index (χ4n) is 4.44. The molecule has 3 rings (SSSR count). The van der Waals surface area contributed by atoms with E-state index >= 15 is 0 Å². The summed E-state index contributed by atoms with van der Waals surface area (Å²) in [7, 11) is 1.91. The van der Waals surface area contributed by atoms with Gasteiger partial charge in [-0.25, -0.2) is 0 Å². The molecule has 0 aromatic carbocycles. The molecule has 0 aromatic heterocycles. The van der Waals surface area contributed by atoms with E-state index in [2.05, 4.69) is 0 Å². The van der Waals surface area contributed by atoms with Crippen molar-refractivity contribution in [2.24, 2.45) is 5.73 Å². The second-order valence-corrected chi connectivity index (χ2v) is 6.89. The molecule has 3 aliphatic rings. The molecule has 22 heavy (non-hydrogen) atoms. The summed E-state index contributed by atoms with van der Waals surface area (Å²) in [5.41, 5.74) is 5.08. The third-order valence-electron chi connectivity index (χ3n) is 5.88. The van der Waals surface area contributed by atoms with Crippen molar-refractivity contribution in [3.05, 3.63) is 0 Å². The van der Waals surface area contributed by atoms with Gasteiger partial charge in [0.1, 0.15) is 5.54 Å². The number of likely N-dealkylation sites (tertiary alicyclic amines) is 1. The lowest BCUT2D eigenvalue weighted by Crippen LogP contribution is -2.59. The van der Waals surface area contributed by atoms with Gasteiger partial charge in [0.2, 0.25) is 11.8 Å². The molecule has 2 amide bonds. The summed E-state index contributed by atoms with van der Waals surface area (Å²) >= 11 is 0. The molecule has 124 valence electrons. The van der Waals surface area contributed by atoms with Crippen LogP contribution in [0.15, 0.2) is 0 Å². The number of amides is 2. The highest BCUT2D eigenvalue weighted by molar-refractivity contribution is 5.88. The lowest BCUT2D eigenvalue weighted by Gasteiger charge is -2.39. The van der Waals surface area contributed by atoms with Crippen molar-refractivity contribution in [2.75, 3.05) is 26.8 Å². The van der Waals surface area contributed by atoms with Gasteiger partial charge < -0.3 is 15.4 Å². The van der Waals surface area contributed by atoms with Crippen LogP contribution in [0.3, 0.4) is 0 Å². The second kappa shape index (κ2) is 6.16. The Bertz CT molecular complexity index is 442. The van der Waals surface area contributed by atoms with E-state index in [4.69, 9.17) is 10.5 Å². The first-order valence-corrected chi connectivity index (χ1v) is 8.47. The summed E-state index contributed by atoms with van der Waals surface area (Å²) in [6.45, 7) is 2.26. The number of nitrogens with zero attached hydrogens (tertiary/aromatic N) is 2. The molecule has 3 fully saturated rings. The van der Waals surface area contributed by atoms with E-state index in [1.165, 1.54) is 0 Å². The molecular weight excluding hydrogens is 282 g/mol. The van der Waals surface area contributed by atoms with Crippen LogP contribution in [0.25, 0.3) is 0 Å². The maximum absolute atomic E-state index is 12.9. The second-order valence-electron chi connectivity index (χ2n) is 6.89. The average molecular weight is 309 g/mol. The minimum atomic E-state index is -0.619. The summed E-state index contributed by atoms with van der Waals surface area (Å²) in [5.74, 6) is -0.105. The van der Waals surface area contributed by atoms with Gasteiger partial charge in [0.05, 0.1) is 6.04 Å². The summed E-state index contributed by atoms with van der Waals surface area (Å²) in [4.78, 5) is 28.9. The summed E-state index contributed by atoms with van der Waals surface area (Å²) in [5, 5.41) is 0. The quantitative estimate of drug-likeness (QED) is 0.820. The smallest absolute Gasteiger partial charge is 0.240 e. The maximum atomic E-state index is 12.9. The minimum Gasteiger partial charge on any atom is -0.381 e. The molecule has 1 saturated carbocycles. The number of primary amides is 1. The summed E-state index contributed by atoms with van der Waals surface area (Å²) in [6, 6.07) is 0.0983. The van der Waals surface area contributed by atoms with E-state index in [1.54, 1.807) is 0 Å². The number of hydrogen-bond donors (Lipinski definition) is 1. The first-order chi connectivity index (χ1) is 10.6. The monoisotopic (exact) mass is 309 g/mol. The molecule has 2 aliphatic heterocycles. The Morgan fingerprint density at radius 2 is 1.91 bits per heavy atom. The van der Waals surface area contributed by atoms with Gasteiger partial charge in [-0.2, -0.15) is 0 Å². The van der Waals surface area contributed by atoms with Gasteiger partial charge in [0.25, 0.3) is 0 Å². The normalized spacial score (nSPS) is 29.5. The highest BCUT2D eigenvalue weighted by Crippen LogP contribution is 2.37. The van der Waals surface area contributed by atoms with Gasteiger partial charge in [-0.05, 0) is 39.2 Å². The van der Waals surface area contributed by atoms with Crippen LogP contribution in [-0.2, 0) is 14.3 Å². The Hall–Kier alpha value is -1.14. The molecule has 1 aliphatic carbocycles. The zero-order valence-corrected chi connectivity index (χ0v) is 13.4. The number of carbonyl (C=O) groups excluding carboxylic acids is 2. The van der Waals surface area contributed by atoms with Crippen molar-refractivity contribution in [3.63, 3.8) is 0 Å². The predicted octanol–water partition coefficient (Wildman–Crippen LogP) is 0.496. The Morgan fingerprint density at radius 3 is 2.50 bits per heavy atom. The van der Waals surface area contributed by atoms with Gasteiger partial charge in [-0.15, -0.1) is 0 Å².